The van der Waals surface area contributed by atoms with E-state index in [1.807, 2.05) is 4.90 Å². The number of carbonyl (C=O) groups is 1. The van der Waals surface area contributed by atoms with Gasteiger partial charge in [0.1, 0.15) is 0 Å². The van der Waals surface area contributed by atoms with Crippen molar-refractivity contribution in [2.75, 3.05) is 59.0 Å². The van der Waals surface area contributed by atoms with Crippen molar-refractivity contribution in [1.82, 2.24) is 14.7 Å². The van der Waals surface area contributed by atoms with Gasteiger partial charge in [0, 0.05) is 39.3 Å². The molecule has 1 atom stereocenters. The van der Waals surface area contributed by atoms with E-state index in [0.717, 1.165) is 45.6 Å². The molecule has 3 fully saturated rings. The van der Waals surface area contributed by atoms with Crippen LogP contribution in [0.15, 0.2) is 30.3 Å². The molecular weight excluding hydrogens is 338 g/mol. The second kappa shape index (κ2) is 8.19. The topological polar surface area (TPSA) is 36.0 Å². The average Bonchev–Trinajstić information content (AvgIpc) is 2.75. The zero-order valence-corrected chi connectivity index (χ0v) is 16.6. The van der Waals surface area contributed by atoms with Gasteiger partial charge in [-0.2, -0.15) is 0 Å². The van der Waals surface area contributed by atoms with E-state index in [-0.39, 0.29) is 6.03 Å². The van der Waals surface area contributed by atoms with Gasteiger partial charge in [0.15, 0.2) is 0 Å². The van der Waals surface area contributed by atoms with Crippen LogP contribution in [-0.4, -0.2) is 79.8 Å². The van der Waals surface area contributed by atoms with Gasteiger partial charge in [-0.15, -0.1) is 0 Å². The molecule has 0 bridgehead atoms. The summed E-state index contributed by atoms with van der Waals surface area (Å²) in [6.45, 7) is 10.4. The monoisotopic (exact) mass is 371 g/mol. The van der Waals surface area contributed by atoms with Crippen LogP contribution < -0.4 is 0 Å². The fourth-order valence-corrected chi connectivity index (χ4v) is 5.18. The van der Waals surface area contributed by atoms with Crippen molar-refractivity contribution < 1.29 is 9.53 Å². The highest BCUT2D eigenvalue weighted by molar-refractivity contribution is 5.74. The number of carbonyl (C=O) groups excluding carboxylic acids is 1. The lowest BCUT2D eigenvalue weighted by atomic mass is 9.68. The number of ether oxygens (including phenoxy) is 1. The third-order valence-electron chi connectivity index (χ3n) is 6.81. The first-order valence-corrected chi connectivity index (χ1v) is 10.6. The third kappa shape index (κ3) is 4.14. The summed E-state index contributed by atoms with van der Waals surface area (Å²) >= 11 is 0. The number of hydrogen-bond donors (Lipinski definition) is 0. The largest absolute Gasteiger partial charge is 0.378 e. The van der Waals surface area contributed by atoms with Crippen LogP contribution >= 0.6 is 0 Å². The van der Waals surface area contributed by atoms with Gasteiger partial charge in [-0.3, -0.25) is 0 Å². The molecule has 1 aromatic carbocycles. The number of amides is 2. The van der Waals surface area contributed by atoms with Gasteiger partial charge in [-0.05, 0) is 42.7 Å². The van der Waals surface area contributed by atoms with E-state index in [1.54, 1.807) is 0 Å². The highest BCUT2D eigenvalue weighted by atomic mass is 16.5. The maximum Gasteiger partial charge on any atom is 0.320 e. The maximum atomic E-state index is 12.8. The standard InChI is InChI=1S/C22H33N3O2/c1-2-23-17-20(19-6-4-3-5-7-19)16-22(18-23)8-10-24(11-9-22)21(26)25-12-14-27-15-13-25/h3-7,20H,2,8-18H2,1H3/t20-/m0/s1. The molecule has 3 heterocycles. The Morgan fingerprint density at radius 1 is 1.07 bits per heavy atom. The molecule has 3 aliphatic rings. The van der Waals surface area contributed by atoms with Crippen LogP contribution in [0.25, 0.3) is 0 Å². The third-order valence-corrected chi connectivity index (χ3v) is 6.81. The molecule has 3 saturated heterocycles. The number of urea groups is 1. The lowest BCUT2D eigenvalue weighted by molar-refractivity contribution is 0.00993. The van der Waals surface area contributed by atoms with E-state index in [1.165, 1.54) is 25.1 Å². The Bertz CT molecular complexity index is 622. The van der Waals surface area contributed by atoms with Gasteiger partial charge in [-0.25, -0.2) is 4.79 Å². The van der Waals surface area contributed by atoms with E-state index in [2.05, 4.69) is 47.1 Å². The molecule has 0 aromatic heterocycles. The summed E-state index contributed by atoms with van der Waals surface area (Å²) in [5, 5.41) is 0. The quantitative estimate of drug-likeness (QED) is 0.802. The van der Waals surface area contributed by atoms with Crippen LogP contribution in [0.3, 0.4) is 0 Å². The molecular formula is C22H33N3O2. The van der Waals surface area contributed by atoms with Gasteiger partial charge in [0.25, 0.3) is 0 Å². The summed E-state index contributed by atoms with van der Waals surface area (Å²) in [6.07, 6.45) is 3.51. The SMILES string of the molecule is CCN1C[C@@H](c2ccccc2)CC2(CCN(C(=O)N3CCOCC3)CC2)C1. The van der Waals surface area contributed by atoms with Gasteiger partial charge in [-0.1, -0.05) is 37.3 Å². The Labute approximate surface area is 163 Å². The molecule has 0 N–H and O–H groups in total. The molecule has 0 aliphatic carbocycles. The normalized spacial score (nSPS) is 26.3. The zero-order chi connectivity index (χ0) is 18.7. The Hall–Kier alpha value is -1.59. The number of morpholine rings is 1. The number of benzene rings is 1. The highest BCUT2D eigenvalue weighted by Gasteiger charge is 2.43. The summed E-state index contributed by atoms with van der Waals surface area (Å²) in [7, 11) is 0. The smallest absolute Gasteiger partial charge is 0.320 e. The van der Waals surface area contributed by atoms with Crippen molar-refractivity contribution in [3.63, 3.8) is 0 Å². The predicted molar refractivity (Wildman–Crippen MR) is 107 cm³/mol. The molecule has 148 valence electrons. The lowest BCUT2D eigenvalue weighted by Gasteiger charge is -2.50. The predicted octanol–water partition coefficient (Wildman–Crippen LogP) is 3.03. The van der Waals surface area contributed by atoms with Crippen molar-refractivity contribution in [3.05, 3.63) is 35.9 Å². The summed E-state index contributed by atoms with van der Waals surface area (Å²) < 4.78 is 5.39. The van der Waals surface area contributed by atoms with Crippen LogP contribution in [0.5, 0.6) is 0 Å². The minimum Gasteiger partial charge on any atom is -0.378 e. The van der Waals surface area contributed by atoms with Crippen molar-refractivity contribution in [1.29, 1.82) is 0 Å². The number of hydrogen-bond acceptors (Lipinski definition) is 3. The lowest BCUT2D eigenvalue weighted by Crippen LogP contribution is -2.55. The Morgan fingerprint density at radius 2 is 1.74 bits per heavy atom. The van der Waals surface area contributed by atoms with Crippen LogP contribution in [-0.2, 0) is 4.74 Å². The van der Waals surface area contributed by atoms with Crippen LogP contribution in [0.4, 0.5) is 4.79 Å². The molecule has 0 unspecified atom stereocenters. The van der Waals surface area contributed by atoms with Crippen molar-refractivity contribution in [2.24, 2.45) is 5.41 Å². The number of rotatable bonds is 2. The Kier molecular flexibility index (Phi) is 5.69. The summed E-state index contributed by atoms with van der Waals surface area (Å²) in [5.74, 6) is 0.612. The summed E-state index contributed by atoms with van der Waals surface area (Å²) in [6, 6.07) is 11.2. The number of likely N-dealkylation sites (tertiary alicyclic amines) is 2. The Morgan fingerprint density at radius 3 is 2.41 bits per heavy atom. The zero-order valence-electron chi connectivity index (χ0n) is 16.6. The second-order valence-electron chi connectivity index (χ2n) is 8.51. The molecule has 1 aromatic rings. The average molecular weight is 372 g/mol. The van der Waals surface area contributed by atoms with E-state index < -0.39 is 0 Å². The van der Waals surface area contributed by atoms with Gasteiger partial charge in [0.05, 0.1) is 13.2 Å². The van der Waals surface area contributed by atoms with Gasteiger partial charge < -0.3 is 19.4 Å². The molecule has 27 heavy (non-hydrogen) atoms. The number of piperidine rings is 2. The van der Waals surface area contributed by atoms with Gasteiger partial charge >= 0.3 is 6.03 Å². The molecule has 0 saturated carbocycles. The molecule has 5 heteroatoms. The highest BCUT2D eigenvalue weighted by Crippen LogP contribution is 2.45. The van der Waals surface area contributed by atoms with Crippen molar-refractivity contribution >= 4 is 6.03 Å². The first kappa shape index (κ1) is 18.8. The minimum absolute atomic E-state index is 0.218. The molecule has 2 amide bonds. The summed E-state index contributed by atoms with van der Waals surface area (Å²) in [5.41, 5.74) is 1.83. The second-order valence-corrected chi connectivity index (χ2v) is 8.51. The molecule has 5 nitrogen and oxygen atoms in total. The fourth-order valence-electron chi connectivity index (χ4n) is 5.18. The van der Waals surface area contributed by atoms with Crippen molar-refractivity contribution in [3.8, 4) is 0 Å². The van der Waals surface area contributed by atoms with Gasteiger partial charge in [0.2, 0.25) is 0 Å². The van der Waals surface area contributed by atoms with Crippen LogP contribution in [0.1, 0.15) is 37.7 Å². The first-order valence-electron chi connectivity index (χ1n) is 10.6. The number of likely N-dealkylation sites (N-methyl/N-ethyl adjacent to an activating group) is 1. The van der Waals surface area contributed by atoms with Crippen molar-refractivity contribution in [2.45, 2.75) is 32.1 Å². The Balaban J connectivity index is 1.41. The first-order chi connectivity index (χ1) is 13.2. The molecule has 4 rings (SSSR count). The minimum atomic E-state index is 0.218. The van der Waals surface area contributed by atoms with E-state index >= 15 is 0 Å². The molecule has 0 radical (unpaired) electrons. The van der Waals surface area contributed by atoms with E-state index in [0.29, 0.717) is 24.5 Å². The number of nitrogens with zero attached hydrogens (tertiary/aromatic N) is 3. The van der Waals surface area contributed by atoms with E-state index in [9.17, 15) is 4.79 Å². The van der Waals surface area contributed by atoms with Crippen LogP contribution in [0, 0.1) is 5.41 Å². The molecule has 3 aliphatic heterocycles. The van der Waals surface area contributed by atoms with E-state index in [4.69, 9.17) is 4.74 Å². The summed E-state index contributed by atoms with van der Waals surface area (Å²) in [4.78, 5) is 19.5. The van der Waals surface area contributed by atoms with Crippen LogP contribution in [0.2, 0.25) is 0 Å². The maximum absolute atomic E-state index is 12.8. The fraction of sp³-hybridized carbons (Fsp3) is 0.682. The molecule has 1 spiro atoms.